The van der Waals surface area contributed by atoms with Crippen molar-refractivity contribution in [1.29, 1.82) is 0 Å². The number of aryl methyl sites for hydroxylation is 2. The van der Waals surface area contributed by atoms with E-state index in [0.717, 1.165) is 11.1 Å². The highest BCUT2D eigenvalue weighted by Crippen LogP contribution is 2.21. The Kier molecular flexibility index (Phi) is 4.48. The Hall–Kier alpha value is -3.21. The summed E-state index contributed by atoms with van der Waals surface area (Å²) in [7, 11) is 1.75. The van der Waals surface area contributed by atoms with Crippen LogP contribution in [0.1, 0.15) is 21.7 Å². The molecule has 0 saturated carbocycles. The van der Waals surface area contributed by atoms with E-state index in [1.54, 1.807) is 37.7 Å². The molecule has 3 rings (SSSR count). The molecule has 0 bridgehead atoms. The van der Waals surface area contributed by atoms with Gasteiger partial charge in [0.15, 0.2) is 0 Å². The number of hydrogen-bond acceptors (Lipinski definition) is 3. The summed E-state index contributed by atoms with van der Waals surface area (Å²) in [4.78, 5) is 24.7. The lowest BCUT2D eigenvalue weighted by Crippen LogP contribution is -2.24. The van der Waals surface area contributed by atoms with Gasteiger partial charge >= 0.3 is 0 Å². The van der Waals surface area contributed by atoms with Crippen LogP contribution in [0.4, 0.5) is 5.69 Å². The maximum atomic E-state index is 12.4. The van der Waals surface area contributed by atoms with Gasteiger partial charge in [0, 0.05) is 18.4 Å². The van der Waals surface area contributed by atoms with Crippen molar-refractivity contribution >= 4 is 17.4 Å². The summed E-state index contributed by atoms with van der Waals surface area (Å²) in [6.07, 6.45) is 0. The highest BCUT2D eigenvalue weighted by Gasteiger charge is 2.23. The Balaban J connectivity index is 1.76. The number of rotatable bonds is 4. The summed E-state index contributed by atoms with van der Waals surface area (Å²) in [5, 5.41) is 6.84. The van der Waals surface area contributed by atoms with E-state index in [9.17, 15) is 9.59 Å². The van der Waals surface area contributed by atoms with E-state index in [4.69, 9.17) is 0 Å². The van der Waals surface area contributed by atoms with Crippen LogP contribution in [0.2, 0.25) is 0 Å². The molecular weight excluding hydrogens is 314 g/mol. The van der Waals surface area contributed by atoms with Crippen LogP contribution in [0.25, 0.3) is 11.1 Å². The quantitative estimate of drug-likeness (QED) is 0.587. The number of hydrogen-bond donors (Lipinski definition) is 1. The van der Waals surface area contributed by atoms with Crippen molar-refractivity contribution in [1.82, 2.24) is 9.78 Å². The first-order valence-electron chi connectivity index (χ1n) is 7.98. The van der Waals surface area contributed by atoms with E-state index >= 15 is 0 Å². The van der Waals surface area contributed by atoms with Gasteiger partial charge in [0.25, 0.3) is 11.7 Å². The molecule has 0 unspecified atom stereocenters. The van der Waals surface area contributed by atoms with Crippen molar-refractivity contribution in [3.63, 3.8) is 0 Å². The number of nitrogens with one attached hydrogen (secondary N) is 1. The van der Waals surface area contributed by atoms with E-state index in [-0.39, 0.29) is 0 Å². The minimum Gasteiger partial charge on any atom is -0.319 e. The van der Waals surface area contributed by atoms with Crippen LogP contribution in [0.3, 0.4) is 0 Å². The second-order valence-corrected chi connectivity index (χ2v) is 5.90. The first-order chi connectivity index (χ1) is 12.0. The molecule has 1 amide bonds. The van der Waals surface area contributed by atoms with Crippen LogP contribution < -0.4 is 5.32 Å². The number of nitrogens with zero attached hydrogens (tertiary/aromatic N) is 2. The maximum Gasteiger partial charge on any atom is 0.296 e. The van der Waals surface area contributed by atoms with Gasteiger partial charge in [0.05, 0.1) is 11.3 Å². The fraction of sp³-hybridized carbons (Fsp3) is 0.150. The molecule has 25 heavy (non-hydrogen) atoms. The molecule has 0 spiro atoms. The molecule has 5 heteroatoms. The Morgan fingerprint density at radius 3 is 2.08 bits per heavy atom. The molecule has 1 N–H and O–H groups in total. The van der Waals surface area contributed by atoms with Crippen LogP contribution in [0.15, 0.2) is 54.6 Å². The fourth-order valence-electron chi connectivity index (χ4n) is 2.78. The van der Waals surface area contributed by atoms with E-state index in [1.165, 1.54) is 0 Å². The summed E-state index contributed by atoms with van der Waals surface area (Å²) in [5.41, 5.74) is 4.32. The van der Waals surface area contributed by atoms with Gasteiger partial charge in [-0.1, -0.05) is 42.5 Å². The van der Waals surface area contributed by atoms with Crippen LogP contribution in [0.5, 0.6) is 0 Å². The van der Waals surface area contributed by atoms with Crippen molar-refractivity contribution in [3.05, 3.63) is 71.5 Å². The first kappa shape index (κ1) is 16.6. The van der Waals surface area contributed by atoms with Crippen molar-refractivity contribution in [2.75, 3.05) is 5.32 Å². The maximum absolute atomic E-state index is 12.4. The van der Waals surface area contributed by atoms with E-state index in [0.29, 0.717) is 22.6 Å². The molecule has 3 aromatic rings. The third kappa shape index (κ3) is 3.35. The Bertz CT molecular complexity index is 926. The largest absolute Gasteiger partial charge is 0.319 e. The molecule has 0 aliphatic rings. The number of anilines is 1. The lowest BCUT2D eigenvalue weighted by atomic mass is 10.1. The van der Waals surface area contributed by atoms with E-state index < -0.39 is 11.7 Å². The van der Waals surface area contributed by atoms with Crippen LogP contribution >= 0.6 is 0 Å². The molecule has 1 heterocycles. The third-order valence-electron chi connectivity index (χ3n) is 4.19. The highest BCUT2D eigenvalue weighted by atomic mass is 16.2. The monoisotopic (exact) mass is 333 g/mol. The standard InChI is InChI=1S/C20H19N3O2/c1-13-18(14(2)23(3)22-13)19(24)20(25)21-17-11-9-16(10-12-17)15-7-5-4-6-8-15/h4-12H,1-3H3,(H,21,25). The zero-order chi connectivity index (χ0) is 18.0. The summed E-state index contributed by atoms with van der Waals surface area (Å²) >= 11 is 0. The molecule has 0 atom stereocenters. The number of benzene rings is 2. The zero-order valence-corrected chi connectivity index (χ0v) is 14.4. The third-order valence-corrected chi connectivity index (χ3v) is 4.19. The molecule has 5 nitrogen and oxygen atoms in total. The molecule has 126 valence electrons. The lowest BCUT2D eigenvalue weighted by Gasteiger charge is -2.07. The molecule has 0 aliphatic heterocycles. The first-order valence-corrected chi connectivity index (χ1v) is 7.98. The summed E-state index contributed by atoms with van der Waals surface area (Å²) < 4.78 is 1.60. The van der Waals surface area contributed by atoms with Crippen LogP contribution in [-0.4, -0.2) is 21.5 Å². The van der Waals surface area contributed by atoms with Gasteiger partial charge in [-0.05, 0) is 37.1 Å². The predicted octanol–water partition coefficient (Wildman–Crippen LogP) is 3.53. The smallest absolute Gasteiger partial charge is 0.296 e. The SMILES string of the molecule is Cc1nn(C)c(C)c1C(=O)C(=O)Nc1ccc(-c2ccccc2)cc1. The van der Waals surface area contributed by atoms with Crippen molar-refractivity contribution in [3.8, 4) is 11.1 Å². The lowest BCUT2D eigenvalue weighted by molar-refractivity contribution is -0.112. The molecule has 0 fully saturated rings. The van der Waals surface area contributed by atoms with E-state index in [1.807, 2.05) is 42.5 Å². The minimum absolute atomic E-state index is 0.362. The van der Waals surface area contributed by atoms with Gasteiger partial charge in [-0.2, -0.15) is 5.10 Å². The molecule has 1 aromatic heterocycles. The van der Waals surface area contributed by atoms with Crippen molar-refractivity contribution < 1.29 is 9.59 Å². The van der Waals surface area contributed by atoms with Crippen LogP contribution in [-0.2, 0) is 11.8 Å². The summed E-state index contributed by atoms with van der Waals surface area (Å²) in [6, 6.07) is 17.4. The second kappa shape index (κ2) is 6.73. The second-order valence-electron chi connectivity index (χ2n) is 5.90. The van der Waals surface area contributed by atoms with Gasteiger partial charge in [0.1, 0.15) is 0 Å². The minimum atomic E-state index is -0.660. The van der Waals surface area contributed by atoms with Gasteiger partial charge in [-0.25, -0.2) is 0 Å². The van der Waals surface area contributed by atoms with Gasteiger partial charge in [0.2, 0.25) is 0 Å². The highest BCUT2D eigenvalue weighted by molar-refractivity contribution is 6.47. The van der Waals surface area contributed by atoms with E-state index in [2.05, 4.69) is 10.4 Å². The normalized spacial score (nSPS) is 10.5. The van der Waals surface area contributed by atoms with Crippen molar-refractivity contribution in [2.45, 2.75) is 13.8 Å². The zero-order valence-electron chi connectivity index (χ0n) is 14.4. The number of carbonyl (C=O) groups excluding carboxylic acids is 2. The number of Topliss-reactive ketones (excluding diaryl/α,β-unsaturated/α-hetero) is 1. The fourth-order valence-corrected chi connectivity index (χ4v) is 2.78. The Morgan fingerprint density at radius 1 is 0.920 bits per heavy atom. The average Bonchev–Trinajstić information content (AvgIpc) is 2.88. The van der Waals surface area contributed by atoms with Gasteiger partial charge in [-0.3, -0.25) is 14.3 Å². The van der Waals surface area contributed by atoms with Gasteiger partial charge in [-0.15, -0.1) is 0 Å². The van der Waals surface area contributed by atoms with Crippen LogP contribution in [0, 0.1) is 13.8 Å². The molecule has 0 aliphatic carbocycles. The Morgan fingerprint density at radius 2 is 1.52 bits per heavy atom. The number of aromatic nitrogens is 2. The Labute approximate surface area is 146 Å². The topological polar surface area (TPSA) is 64.0 Å². The van der Waals surface area contributed by atoms with Gasteiger partial charge < -0.3 is 5.32 Å². The average molecular weight is 333 g/mol. The molecular formula is C20H19N3O2. The number of amides is 1. The molecule has 0 saturated heterocycles. The summed E-state index contributed by atoms with van der Waals surface area (Å²) in [6.45, 7) is 3.50. The molecule has 2 aromatic carbocycles. The summed E-state index contributed by atoms with van der Waals surface area (Å²) in [5.74, 6) is -1.23. The van der Waals surface area contributed by atoms with Crippen molar-refractivity contribution in [2.24, 2.45) is 7.05 Å². The number of ketones is 1. The predicted molar refractivity (Wildman–Crippen MR) is 97.5 cm³/mol. The number of carbonyl (C=O) groups is 2. The molecule has 0 radical (unpaired) electrons.